The maximum absolute atomic E-state index is 12.5. The molecule has 6 nitrogen and oxygen atoms in total. The van der Waals surface area contributed by atoms with Crippen LogP contribution in [-0.2, 0) is 15.6 Å². The summed E-state index contributed by atoms with van der Waals surface area (Å²) < 4.78 is 35.9. The fraction of sp³-hybridized carbons (Fsp3) is 0.190. The van der Waals surface area contributed by atoms with E-state index in [1.54, 1.807) is 25.2 Å². The van der Waals surface area contributed by atoms with Crippen LogP contribution in [0.4, 0.5) is 0 Å². The highest BCUT2D eigenvalue weighted by molar-refractivity contribution is 7.90. The minimum Gasteiger partial charge on any atom is -0.492 e. The molecule has 146 valence electrons. The quantitative estimate of drug-likeness (QED) is 0.580. The first-order chi connectivity index (χ1) is 13.5. The lowest BCUT2D eigenvalue weighted by atomic mass is 10.3. The van der Waals surface area contributed by atoms with Gasteiger partial charge in [0.15, 0.2) is 15.6 Å². The molecule has 0 aliphatic carbocycles. The molecule has 0 N–H and O–H groups in total. The molecule has 7 heteroatoms. The summed E-state index contributed by atoms with van der Waals surface area (Å²) in [6.45, 7) is 0.703. The Hall–Kier alpha value is -3.06. The molecule has 0 spiro atoms. The van der Waals surface area contributed by atoms with Crippen molar-refractivity contribution in [2.24, 2.45) is 0 Å². The minimum atomic E-state index is -3.53. The third-order valence-electron chi connectivity index (χ3n) is 4.09. The number of hydrogen-bond acceptors (Lipinski definition) is 5. The number of hydrogen-bond donors (Lipinski definition) is 0. The summed E-state index contributed by atoms with van der Waals surface area (Å²) in [4.78, 5) is 14.1. The van der Waals surface area contributed by atoms with Gasteiger partial charge in [-0.3, -0.25) is 4.79 Å². The summed E-state index contributed by atoms with van der Waals surface area (Å²) in [5.41, 5.74) is 0. The van der Waals surface area contributed by atoms with Crippen molar-refractivity contribution in [1.29, 1.82) is 0 Å². The second kappa shape index (κ2) is 8.75. The van der Waals surface area contributed by atoms with E-state index in [1.165, 1.54) is 29.2 Å². The topological polar surface area (TPSA) is 76.8 Å². The first-order valence-electron chi connectivity index (χ1n) is 8.75. The minimum absolute atomic E-state index is 0.0977. The van der Waals surface area contributed by atoms with Gasteiger partial charge in [0.1, 0.15) is 23.9 Å². The number of likely N-dealkylation sites (N-methyl/N-ethyl adjacent to an activating group) is 1. The summed E-state index contributed by atoms with van der Waals surface area (Å²) in [6, 6.07) is 20.5. The van der Waals surface area contributed by atoms with Crippen molar-refractivity contribution in [3.8, 4) is 5.75 Å². The molecule has 2 aromatic carbocycles. The van der Waals surface area contributed by atoms with Crippen LogP contribution in [0.1, 0.15) is 16.3 Å². The average Bonchev–Trinajstić information content (AvgIpc) is 3.16. The van der Waals surface area contributed by atoms with Crippen LogP contribution in [0.5, 0.6) is 5.75 Å². The highest BCUT2D eigenvalue weighted by Crippen LogP contribution is 2.18. The van der Waals surface area contributed by atoms with Gasteiger partial charge in [-0.15, -0.1) is 0 Å². The number of amides is 1. The third-order valence-corrected chi connectivity index (χ3v) is 5.75. The molecule has 3 rings (SSSR count). The lowest BCUT2D eigenvalue weighted by Crippen LogP contribution is -2.30. The fourth-order valence-electron chi connectivity index (χ4n) is 2.58. The molecule has 0 aliphatic rings. The Balaban J connectivity index is 1.57. The van der Waals surface area contributed by atoms with Gasteiger partial charge >= 0.3 is 0 Å². The van der Waals surface area contributed by atoms with Crippen LogP contribution in [0.2, 0.25) is 0 Å². The second-order valence-corrected chi connectivity index (χ2v) is 8.22. The van der Waals surface area contributed by atoms with Gasteiger partial charge in [0.2, 0.25) is 0 Å². The van der Waals surface area contributed by atoms with Gasteiger partial charge in [0, 0.05) is 7.05 Å². The summed E-state index contributed by atoms with van der Waals surface area (Å²) in [5, 5.41) is 0. The van der Waals surface area contributed by atoms with Gasteiger partial charge in [-0.2, -0.15) is 0 Å². The summed E-state index contributed by atoms with van der Waals surface area (Å²) in [6.07, 6.45) is 0. The smallest absolute Gasteiger partial charge is 0.289 e. The van der Waals surface area contributed by atoms with E-state index >= 15 is 0 Å². The molecule has 3 aromatic rings. The number of carbonyl (C=O) groups excluding carboxylic acids is 1. The van der Waals surface area contributed by atoms with E-state index in [0.717, 1.165) is 5.75 Å². The number of rotatable bonds is 8. The van der Waals surface area contributed by atoms with Gasteiger partial charge in [-0.1, -0.05) is 36.4 Å². The highest BCUT2D eigenvalue weighted by Gasteiger charge is 2.20. The molecular formula is C21H21NO5S. The molecule has 1 amide bonds. The number of ether oxygens (including phenoxy) is 1. The van der Waals surface area contributed by atoms with E-state index in [0.29, 0.717) is 13.2 Å². The predicted molar refractivity (Wildman–Crippen MR) is 105 cm³/mol. The van der Waals surface area contributed by atoms with Crippen molar-refractivity contribution < 1.29 is 22.4 Å². The fourth-order valence-corrected chi connectivity index (χ4v) is 3.84. The van der Waals surface area contributed by atoms with E-state index in [9.17, 15) is 13.2 Å². The number of nitrogens with zero attached hydrogens (tertiary/aromatic N) is 1. The van der Waals surface area contributed by atoms with Crippen LogP contribution in [0.15, 0.2) is 82.1 Å². The van der Waals surface area contributed by atoms with Crippen molar-refractivity contribution in [2.45, 2.75) is 10.6 Å². The number of para-hydroxylation sites is 1. The third kappa shape index (κ3) is 5.01. The van der Waals surface area contributed by atoms with Crippen LogP contribution in [0.3, 0.4) is 0 Å². The molecular weight excluding hydrogens is 378 g/mol. The Labute approximate surface area is 164 Å². The van der Waals surface area contributed by atoms with Crippen LogP contribution < -0.4 is 4.74 Å². The van der Waals surface area contributed by atoms with Gasteiger partial charge in [-0.25, -0.2) is 8.42 Å². The largest absolute Gasteiger partial charge is 0.492 e. The van der Waals surface area contributed by atoms with Gasteiger partial charge in [0.05, 0.1) is 11.4 Å². The van der Waals surface area contributed by atoms with Gasteiger partial charge < -0.3 is 14.1 Å². The van der Waals surface area contributed by atoms with Crippen LogP contribution in [-0.4, -0.2) is 39.4 Å². The SMILES string of the molecule is CN(CCOc1ccccc1)C(=O)c1ccc(CS(=O)(=O)c2ccccc2)o1. The zero-order chi connectivity index (χ0) is 20.0. The first kappa shape index (κ1) is 19.7. The van der Waals surface area contributed by atoms with E-state index in [-0.39, 0.29) is 28.1 Å². The molecule has 0 unspecified atom stereocenters. The normalized spacial score (nSPS) is 11.2. The van der Waals surface area contributed by atoms with Crippen molar-refractivity contribution in [1.82, 2.24) is 4.90 Å². The van der Waals surface area contributed by atoms with E-state index in [2.05, 4.69) is 0 Å². The van der Waals surface area contributed by atoms with Crippen LogP contribution >= 0.6 is 0 Å². The number of benzene rings is 2. The molecule has 0 saturated carbocycles. The Bertz CT molecular complexity index is 1010. The van der Waals surface area contributed by atoms with Crippen molar-refractivity contribution in [3.05, 3.63) is 84.3 Å². The molecule has 0 fully saturated rings. The molecule has 0 bridgehead atoms. The Morgan fingerprint density at radius 3 is 2.29 bits per heavy atom. The summed E-state index contributed by atoms with van der Waals surface area (Å²) in [5.74, 6) is 0.418. The Morgan fingerprint density at radius 2 is 1.61 bits per heavy atom. The van der Waals surface area contributed by atoms with Crippen molar-refractivity contribution in [3.63, 3.8) is 0 Å². The molecule has 0 radical (unpaired) electrons. The standard InChI is InChI=1S/C21H21NO5S/c1-22(14-15-26-17-8-4-2-5-9-17)21(23)20-13-12-18(27-20)16-28(24,25)19-10-6-3-7-11-19/h2-13H,14-16H2,1H3. The van der Waals surface area contributed by atoms with Gasteiger partial charge in [-0.05, 0) is 36.4 Å². The molecule has 0 saturated heterocycles. The Kier molecular flexibility index (Phi) is 6.16. The summed E-state index contributed by atoms with van der Waals surface area (Å²) in [7, 11) is -1.89. The monoisotopic (exact) mass is 399 g/mol. The second-order valence-electron chi connectivity index (χ2n) is 6.23. The molecule has 0 atom stereocenters. The lowest BCUT2D eigenvalue weighted by molar-refractivity contribution is 0.0741. The van der Waals surface area contributed by atoms with E-state index in [1.807, 2.05) is 30.3 Å². The van der Waals surface area contributed by atoms with Crippen molar-refractivity contribution in [2.75, 3.05) is 20.2 Å². The van der Waals surface area contributed by atoms with E-state index in [4.69, 9.17) is 9.15 Å². The zero-order valence-corrected chi connectivity index (χ0v) is 16.3. The highest BCUT2D eigenvalue weighted by atomic mass is 32.2. The predicted octanol–water partition coefficient (Wildman–Crippen LogP) is 3.40. The molecule has 1 heterocycles. The molecule has 28 heavy (non-hydrogen) atoms. The van der Waals surface area contributed by atoms with Crippen molar-refractivity contribution >= 4 is 15.7 Å². The molecule has 0 aliphatic heterocycles. The average molecular weight is 399 g/mol. The lowest BCUT2D eigenvalue weighted by Gasteiger charge is -2.16. The van der Waals surface area contributed by atoms with Crippen LogP contribution in [0.25, 0.3) is 0 Å². The number of sulfone groups is 1. The number of carbonyl (C=O) groups is 1. The Morgan fingerprint density at radius 1 is 0.964 bits per heavy atom. The van der Waals surface area contributed by atoms with Crippen LogP contribution in [0, 0.1) is 0 Å². The maximum atomic E-state index is 12.5. The maximum Gasteiger partial charge on any atom is 0.289 e. The molecule has 1 aromatic heterocycles. The van der Waals surface area contributed by atoms with Gasteiger partial charge in [0.25, 0.3) is 5.91 Å². The first-order valence-corrected chi connectivity index (χ1v) is 10.4. The van der Waals surface area contributed by atoms with E-state index < -0.39 is 9.84 Å². The summed E-state index contributed by atoms with van der Waals surface area (Å²) >= 11 is 0. The zero-order valence-electron chi connectivity index (χ0n) is 15.4. The number of furan rings is 1.